The molecule has 0 spiro atoms. The number of nitrogens with two attached hydrogens (primary N) is 1. The van der Waals surface area contributed by atoms with Crippen LogP contribution in [-0.4, -0.2) is 48.3 Å². The fourth-order valence-electron chi connectivity index (χ4n) is 2.60. The summed E-state index contributed by atoms with van der Waals surface area (Å²) in [4.78, 5) is 51.6. The maximum Gasteiger partial charge on any atom is 0.332 e. The molecule has 10 nitrogen and oxygen atoms in total. The SMILES string of the molecule is CCN(C(=O)COC(=O)COC)c1c(N)n(Cc2ccccc2)c(=O)[nH]c1=O. The third-order valence-electron chi connectivity index (χ3n) is 3.90. The Morgan fingerprint density at radius 2 is 1.86 bits per heavy atom. The highest BCUT2D eigenvalue weighted by molar-refractivity contribution is 5.97. The lowest BCUT2D eigenvalue weighted by molar-refractivity contribution is -0.151. The van der Waals surface area contributed by atoms with Gasteiger partial charge in [0.25, 0.3) is 11.5 Å². The number of likely N-dealkylation sites (N-methyl/N-ethyl adjacent to an activating group) is 1. The Balaban J connectivity index is 2.35. The van der Waals surface area contributed by atoms with E-state index >= 15 is 0 Å². The lowest BCUT2D eigenvalue weighted by Crippen LogP contribution is -2.42. The quantitative estimate of drug-likeness (QED) is 0.591. The smallest absolute Gasteiger partial charge is 0.332 e. The number of benzene rings is 1. The van der Waals surface area contributed by atoms with Gasteiger partial charge in [-0.25, -0.2) is 9.59 Å². The summed E-state index contributed by atoms with van der Waals surface area (Å²) in [7, 11) is 1.32. The highest BCUT2D eigenvalue weighted by Crippen LogP contribution is 2.17. The van der Waals surface area contributed by atoms with Gasteiger partial charge >= 0.3 is 11.7 Å². The first-order chi connectivity index (χ1) is 13.4. The molecule has 1 aromatic carbocycles. The summed E-state index contributed by atoms with van der Waals surface area (Å²) in [6.07, 6.45) is 0. The predicted octanol–water partition coefficient (Wildman–Crippen LogP) is -0.290. The maximum absolute atomic E-state index is 12.5. The average molecular weight is 390 g/mol. The number of ether oxygens (including phenoxy) is 2. The number of hydrogen-bond acceptors (Lipinski definition) is 7. The van der Waals surface area contributed by atoms with Gasteiger partial charge in [-0.05, 0) is 12.5 Å². The van der Waals surface area contributed by atoms with Crippen LogP contribution in [0, 0.1) is 0 Å². The number of anilines is 2. The van der Waals surface area contributed by atoms with E-state index in [-0.39, 0.29) is 31.2 Å². The van der Waals surface area contributed by atoms with Crippen molar-refractivity contribution in [3.63, 3.8) is 0 Å². The number of methoxy groups -OCH3 is 1. The van der Waals surface area contributed by atoms with Crippen molar-refractivity contribution in [2.75, 3.05) is 37.5 Å². The van der Waals surface area contributed by atoms with Crippen LogP contribution in [0.2, 0.25) is 0 Å². The topological polar surface area (TPSA) is 137 Å². The molecule has 150 valence electrons. The highest BCUT2D eigenvalue weighted by Gasteiger charge is 2.24. The standard InChI is InChI=1S/C18H22N4O6/c1-3-21(13(23)10-28-14(24)11-27-2)15-16(19)22(18(26)20-17(15)25)9-12-7-5-4-6-8-12/h4-8H,3,9-11,19H2,1-2H3,(H,20,25,26). The fourth-order valence-corrected chi connectivity index (χ4v) is 2.60. The molecule has 10 heteroatoms. The molecular weight excluding hydrogens is 368 g/mol. The number of aromatic nitrogens is 2. The van der Waals surface area contributed by atoms with Crippen LogP contribution in [0.25, 0.3) is 0 Å². The summed E-state index contributed by atoms with van der Waals surface area (Å²) in [5, 5.41) is 0. The number of hydrogen-bond donors (Lipinski definition) is 2. The van der Waals surface area contributed by atoms with Gasteiger partial charge in [0.1, 0.15) is 12.4 Å². The Bertz CT molecular complexity index is 951. The number of nitrogens with one attached hydrogen (secondary N) is 1. The summed E-state index contributed by atoms with van der Waals surface area (Å²) in [6.45, 7) is 0.929. The van der Waals surface area contributed by atoms with E-state index in [0.29, 0.717) is 0 Å². The van der Waals surface area contributed by atoms with Crippen molar-refractivity contribution < 1.29 is 19.1 Å². The van der Waals surface area contributed by atoms with Crippen molar-refractivity contribution in [2.45, 2.75) is 13.5 Å². The molecule has 1 amide bonds. The largest absolute Gasteiger partial charge is 0.454 e. The van der Waals surface area contributed by atoms with Crippen LogP contribution in [0.3, 0.4) is 0 Å². The first-order valence-electron chi connectivity index (χ1n) is 8.50. The Morgan fingerprint density at radius 1 is 1.18 bits per heavy atom. The Morgan fingerprint density at radius 3 is 2.46 bits per heavy atom. The number of amides is 1. The molecular formula is C18H22N4O6. The van der Waals surface area contributed by atoms with E-state index in [4.69, 9.17) is 10.5 Å². The van der Waals surface area contributed by atoms with Gasteiger partial charge in [-0.2, -0.15) is 0 Å². The van der Waals surface area contributed by atoms with Crippen LogP contribution < -0.4 is 21.9 Å². The Hall–Kier alpha value is -3.40. The number of H-pyrrole nitrogens is 1. The van der Waals surface area contributed by atoms with Gasteiger partial charge in [0, 0.05) is 13.7 Å². The van der Waals surface area contributed by atoms with Crippen LogP contribution >= 0.6 is 0 Å². The first kappa shape index (κ1) is 20.9. The number of aromatic amines is 1. The zero-order valence-corrected chi connectivity index (χ0v) is 15.6. The third-order valence-corrected chi connectivity index (χ3v) is 3.90. The number of nitrogens with zero attached hydrogens (tertiary/aromatic N) is 2. The van der Waals surface area contributed by atoms with Crippen LogP contribution in [-0.2, 0) is 25.6 Å². The number of rotatable bonds is 8. The average Bonchev–Trinajstić information content (AvgIpc) is 2.67. The minimum absolute atomic E-state index is 0.0808. The van der Waals surface area contributed by atoms with Crippen molar-refractivity contribution in [2.24, 2.45) is 0 Å². The number of nitrogen functional groups attached to an aromatic ring is 1. The summed E-state index contributed by atoms with van der Waals surface area (Å²) in [5.41, 5.74) is 5.20. The van der Waals surface area contributed by atoms with Gasteiger partial charge in [-0.1, -0.05) is 30.3 Å². The molecule has 0 aliphatic carbocycles. The van der Waals surface area contributed by atoms with Crippen molar-refractivity contribution in [3.05, 3.63) is 56.7 Å². The summed E-state index contributed by atoms with van der Waals surface area (Å²) in [6, 6.07) is 9.04. The maximum atomic E-state index is 12.5. The number of esters is 1. The van der Waals surface area contributed by atoms with Gasteiger partial charge in [0.05, 0.1) is 6.54 Å². The first-order valence-corrected chi connectivity index (χ1v) is 8.50. The van der Waals surface area contributed by atoms with Crippen molar-refractivity contribution in [1.82, 2.24) is 9.55 Å². The van der Waals surface area contributed by atoms with E-state index in [0.717, 1.165) is 10.5 Å². The van der Waals surface area contributed by atoms with Gasteiger partial charge in [0.2, 0.25) is 0 Å². The molecule has 0 unspecified atom stereocenters. The second-order valence-electron chi connectivity index (χ2n) is 5.80. The molecule has 0 saturated carbocycles. The summed E-state index contributed by atoms with van der Waals surface area (Å²) in [5.74, 6) is -1.53. The van der Waals surface area contributed by atoms with Gasteiger partial charge < -0.3 is 20.1 Å². The molecule has 0 saturated heterocycles. The van der Waals surface area contributed by atoms with E-state index in [1.807, 2.05) is 6.07 Å². The van der Waals surface area contributed by atoms with Gasteiger partial charge in [-0.3, -0.25) is 19.1 Å². The van der Waals surface area contributed by atoms with Gasteiger partial charge in [0.15, 0.2) is 12.3 Å². The molecule has 0 radical (unpaired) electrons. The van der Waals surface area contributed by atoms with Crippen LogP contribution in [0.1, 0.15) is 12.5 Å². The van der Waals surface area contributed by atoms with Crippen molar-refractivity contribution >= 4 is 23.4 Å². The molecule has 0 aliphatic rings. The molecule has 28 heavy (non-hydrogen) atoms. The lowest BCUT2D eigenvalue weighted by atomic mass is 10.2. The lowest BCUT2D eigenvalue weighted by Gasteiger charge is -2.23. The molecule has 0 bridgehead atoms. The van der Waals surface area contributed by atoms with Gasteiger partial charge in [-0.15, -0.1) is 0 Å². The predicted molar refractivity (Wildman–Crippen MR) is 102 cm³/mol. The monoisotopic (exact) mass is 390 g/mol. The van der Waals surface area contributed by atoms with Crippen LogP contribution in [0.15, 0.2) is 39.9 Å². The highest BCUT2D eigenvalue weighted by atomic mass is 16.6. The van der Waals surface area contributed by atoms with E-state index in [1.165, 1.54) is 11.7 Å². The molecule has 0 aliphatic heterocycles. The second-order valence-corrected chi connectivity index (χ2v) is 5.80. The fraction of sp³-hybridized carbons (Fsp3) is 0.333. The minimum atomic E-state index is -0.801. The van der Waals surface area contributed by atoms with E-state index in [1.54, 1.807) is 31.2 Å². The van der Waals surface area contributed by atoms with Crippen LogP contribution in [0.4, 0.5) is 11.5 Å². The molecule has 1 heterocycles. The summed E-state index contributed by atoms with van der Waals surface area (Å²) < 4.78 is 10.6. The minimum Gasteiger partial charge on any atom is -0.454 e. The van der Waals surface area contributed by atoms with E-state index in [9.17, 15) is 19.2 Å². The van der Waals surface area contributed by atoms with Crippen molar-refractivity contribution in [3.8, 4) is 0 Å². The molecule has 0 fully saturated rings. The van der Waals surface area contributed by atoms with E-state index in [2.05, 4.69) is 9.72 Å². The normalized spacial score (nSPS) is 10.5. The molecule has 2 rings (SSSR count). The van der Waals surface area contributed by atoms with E-state index < -0.39 is 29.7 Å². The Labute approximate surface area is 160 Å². The molecule has 0 atom stereocenters. The third kappa shape index (κ3) is 4.86. The zero-order chi connectivity index (χ0) is 20.7. The second kappa shape index (κ2) is 9.51. The number of carbonyl (C=O) groups excluding carboxylic acids is 2. The number of carbonyl (C=O) groups is 2. The summed E-state index contributed by atoms with van der Waals surface area (Å²) >= 11 is 0. The molecule has 3 N–H and O–H groups in total. The van der Waals surface area contributed by atoms with Crippen molar-refractivity contribution in [1.29, 1.82) is 0 Å². The molecule has 2 aromatic rings. The van der Waals surface area contributed by atoms with Crippen LogP contribution in [0.5, 0.6) is 0 Å². The molecule has 1 aromatic heterocycles. The zero-order valence-electron chi connectivity index (χ0n) is 15.6. The Kier molecular flexibility index (Phi) is 7.10.